The maximum absolute atomic E-state index is 6.03. The third kappa shape index (κ3) is 2.34. The van der Waals surface area contributed by atoms with Crippen LogP contribution in [0.5, 0.6) is 0 Å². The van der Waals surface area contributed by atoms with E-state index in [1.54, 1.807) is 0 Å². The Bertz CT molecular complexity index is 570. The second-order valence-electron chi connectivity index (χ2n) is 4.87. The number of nitrogens with one attached hydrogen (secondary N) is 1. The number of rotatable bonds is 1. The molecule has 3 nitrogen and oxygen atoms in total. The summed E-state index contributed by atoms with van der Waals surface area (Å²) in [5.74, 6) is 0. The Labute approximate surface area is 112 Å². The Morgan fingerprint density at radius 2 is 2.28 bits per heavy atom. The zero-order valence-electron chi connectivity index (χ0n) is 10.4. The number of fused-ring (bicyclic) bond motifs is 1. The van der Waals surface area contributed by atoms with Crippen LogP contribution in [0.1, 0.15) is 11.6 Å². The van der Waals surface area contributed by atoms with Crippen molar-refractivity contribution in [2.75, 3.05) is 26.7 Å². The predicted octanol–water partition coefficient (Wildman–Crippen LogP) is 2.46. The van der Waals surface area contributed by atoms with Gasteiger partial charge in [0.1, 0.15) is 0 Å². The molecule has 1 unspecified atom stereocenters. The summed E-state index contributed by atoms with van der Waals surface area (Å²) in [6, 6.07) is 8.36. The summed E-state index contributed by atoms with van der Waals surface area (Å²) in [4.78, 5) is 6.84. The average molecular weight is 262 g/mol. The minimum absolute atomic E-state index is 0.361. The summed E-state index contributed by atoms with van der Waals surface area (Å²) >= 11 is 6.03. The van der Waals surface area contributed by atoms with E-state index in [1.807, 2.05) is 24.4 Å². The number of piperazine rings is 1. The molecule has 2 heterocycles. The molecule has 4 heteroatoms. The molecule has 3 rings (SSSR count). The molecule has 0 bridgehead atoms. The summed E-state index contributed by atoms with van der Waals surface area (Å²) in [7, 11) is 2.15. The van der Waals surface area contributed by atoms with Crippen molar-refractivity contribution in [1.29, 1.82) is 0 Å². The second kappa shape index (κ2) is 4.84. The van der Waals surface area contributed by atoms with Crippen molar-refractivity contribution >= 4 is 22.5 Å². The molecule has 0 spiro atoms. The third-order valence-corrected chi connectivity index (χ3v) is 3.68. The standard InChI is InChI=1S/C14H16ClN3/c1-18-5-4-16-14(9-18)11-6-10-7-12(15)2-3-13(10)17-8-11/h2-3,6-8,14,16H,4-5,9H2,1H3. The summed E-state index contributed by atoms with van der Waals surface area (Å²) in [6.07, 6.45) is 1.97. The lowest BCUT2D eigenvalue weighted by Gasteiger charge is -2.31. The Morgan fingerprint density at radius 3 is 3.11 bits per heavy atom. The first kappa shape index (κ1) is 11.9. The summed E-state index contributed by atoms with van der Waals surface area (Å²) in [6.45, 7) is 3.14. The molecule has 18 heavy (non-hydrogen) atoms. The molecule has 1 atom stereocenters. The maximum Gasteiger partial charge on any atom is 0.0703 e. The fraction of sp³-hybridized carbons (Fsp3) is 0.357. The van der Waals surface area contributed by atoms with Gasteiger partial charge >= 0.3 is 0 Å². The number of benzene rings is 1. The molecule has 0 radical (unpaired) electrons. The van der Waals surface area contributed by atoms with E-state index in [4.69, 9.17) is 11.6 Å². The zero-order chi connectivity index (χ0) is 12.5. The third-order valence-electron chi connectivity index (χ3n) is 3.45. The van der Waals surface area contributed by atoms with Crippen LogP contribution in [0.2, 0.25) is 5.02 Å². The SMILES string of the molecule is CN1CCNC(c2cnc3ccc(Cl)cc3c2)C1. The van der Waals surface area contributed by atoms with E-state index in [2.05, 4.69) is 28.3 Å². The van der Waals surface area contributed by atoms with Gasteiger partial charge < -0.3 is 10.2 Å². The van der Waals surface area contributed by atoms with Crippen LogP contribution in [0.25, 0.3) is 10.9 Å². The number of hydrogen-bond acceptors (Lipinski definition) is 3. The van der Waals surface area contributed by atoms with Crippen molar-refractivity contribution in [3.8, 4) is 0 Å². The molecule has 1 fully saturated rings. The molecule has 2 aromatic rings. The van der Waals surface area contributed by atoms with Gasteiger partial charge in [-0.05, 0) is 36.9 Å². The highest BCUT2D eigenvalue weighted by atomic mass is 35.5. The summed E-state index contributed by atoms with van der Waals surface area (Å²) < 4.78 is 0. The van der Waals surface area contributed by atoms with Crippen LogP contribution in [0.3, 0.4) is 0 Å². The Balaban J connectivity index is 1.96. The molecule has 0 aliphatic carbocycles. The smallest absolute Gasteiger partial charge is 0.0703 e. The van der Waals surface area contributed by atoms with Crippen LogP contribution in [0, 0.1) is 0 Å². The molecular weight excluding hydrogens is 246 g/mol. The van der Waals surface area contributed by atoms with Crippen molar-refractivity contribution in [3.05, 3.63) is 41.0 Å². The average Bonchev–Trinajstić information content (AvgIpc) is 2.38. The van der Waals surface area contributed by atoms with Crippen LogP contribution in [0.4, 0.5) is 0 Å². The van der Waals surface area contributed by atoms with Gasteiger partial charge in [-0.15, -0.1) is 0 Å². The van der Waals surface area contributed by atoms with Gasteiger partial charge in [0.2, 0.25) is 0 Å². The summed E-state index contributed by atoms with van der Waals surface area (Å²) in [5, 5.41) is 5.40. The molecule has 0 saturated carbocycles. The highest BCUT2D eigenvalue weighted by molar-refractivity contribution is 6.31. The number of hydrogen-bond donors (Lipinski definition) is 1. The van der Waals surface area contributed by atoms with Gasteiger partial charge in [0.25, 0.3) is 0 Å². The van der Waals surface area contributed by atoms with Gasteiger partial charge in [-0.25, -0.2) is 0 Å². The normalized spacial score (nSPS) is 21.3. The van der Waals surface area contributed by atoms with E-state index >= 15 is 0 Å². The monoisotopic (exact) mass is 261 g/mol. The lowest BCUT2D eigenvalue weighted by atomic mass is 10.0. The highest BCUT2D eigenvalue weighted by Crippen LogP contribution is 2.22. The Kier molecular flexibility index (Phi) is 3.20. The number of halogens is 1. The van der Waals surface area contributed by atoms with Crippen molar-refractivity contribution in [3.63, 3.8) is 0 Å². The fourth-order valence-corrected chi connectivity index (χ4v) is 2.61. The minimum Gasteiger partial charge on any atom is -0.308 e. The maximum atomic E-state index is 6.03. The van der Waals surface area contributed by atoms with Crippen molar-refractivity contribution in [1.82, 2.24) is 15.2 Å². The molecule has 1 aromatic carbocycles. The number of aromatic nitrogens is 1. The molecule has 1 aliphatic heterocycles. The van der Waals surface area contributed by atoms with Crippen molar-refractivity contribution < 1.29 is 0 Å². The van der Waals surface area contributed by atoms with Crippen molar-refractivity contribution in [2.45, 2.75) is 6.04 Å². The number of nitrogens with zero attached hydrogens (tertiary/aromatic N) is 2. The van der Waals surface area contributed by atoms with Gasteiger partial charge in [0.05, 0.1) is 5.52 Å². The molecule has 1 aliphatic rings. The Morgan fingerprint density at radius 1 is 1.39 bits per heavy atom. The van der Waals surface area contributed by atoms with E-state index in [-0.39, 0.29) is 0 Å². The largest absolute Gasteiger partial charge is 0.308 e. The molecule has 1 aromatic heterocycles. The van der Waals surface area contributed by atoms with E-state index in [0.717, 1.165) is 35.6 Å². The van der Waals surface area contributed by atoms with Crippen LogP contribution >= 0.6 is 11.6 Å². The topological polar surface area (TPSA) is 28.2 Å². The first-order valence-corrected chi connectivity index (χ1v) is 6.57. The van der Waals surface area contributed by atoms with Gasteiger partial charge in [0, 0.05) is 42.3 Å². The number of pyridine rings is 1. The van der Waals surface area contributed by atoms with Crippen LogP contribution in [-0.2, 0) is 0 Å². The molecule has 0 amide bonds. The number of likely N-dealkylation sites (N-methyl/N-ethyl adjacent to an activating group) is 1. The molecule has 1 N–H and O–H groups in total. The lowest BCUT2D eigenvalue weighted by Crippen LogP contribution is -2.43. The first-order valence-electron chi connectivity index (χ1n) is 6.19. The quantitative estimate of drug-likeness (QED) is 0.855. The van der Waals surface area contributed by atoms with Crippen LogP contribution < -0.4 is 5.32 Å². The van der Waals surface area contributed by atoms with E-state index in [1.165, 1.54) is 5.56 Å². The predicted molar refractivity (Wildman–Crippen MR) is 75.0 cm³/mol. The minimum atomic E-state index is 0.361. The Hall–Kier alpha value is -1.16. The summed E-state index contributed by atoms with van der Waals surface area (Å²) in [5.41, 5.74) is 2.23. The molecule has 94 valence electrons. The van der Waals surface area contributed by atoms with Gasteiger partial charge in [0.15, 0.2) is 0 Å². The lowest BCUT2D eigenvalue weighted by molar-refractivity contribution is 0.241. The first-order chi connectivity index (χ1) is 8.72. The highest BCUT2D eigenvalue weighted by Gasteiger charge is 2.18. The second-order valence-corrected chi connectivity index (χ2v) is 5.31. The van der Waals surface area contributed by atoms with Gasteiger partial charge in [-0.3, -0.25) is 4.98 Å². The zero-order valence-corrected chi connectivity index (χ0v) is 11.1. The van der Waals surface area contributed by atoms with Gasteiger partial charge in [-0.2, -0.15) is 0 Å². The van der Waals surface area contributed by atoms with E-state index in [9.17, 15) is 0 Å². The van der Waals surface area contributed by atoms with Crippen LogP contribution in [-0.4, -0.2) is 36.6 Å². The molecular formula is C14H16ClN3. The van der Waals surface area contributed by atoms with Crippen LogP contribution in [0.15, 0.2) is 30.5 Å². The van der Waals surface area contributed by atoms with Gasteiger partial charge in [-0.1, -0.05) is 11.6 Å². The van der Waals surface area contributed by atoms with E-state index < -0.39 is 0 Å². The van der Waals surface area contributed by atoms with E-state index in [0.29, 0.717) is 6.04 Å². The fourth-order valence-electron chi connectivity index (χ4n) is 2.43. The van der Waals surface area contributed by atoms with Crippen molar-refractivity contribution in [2.24, 2.45) is 0 Å². The molecule has 1 saturated heterocycles.